The molecule has 0 saturated carbocycles. The highest BCUT2D eigenvalue weighted by molar-refractivity contribution is 6.25. The van der Waals surface area contributed by atoms with E-state index in [4.69, 9.17) is 0 Å². The fourth-order valence-electron chi connectivity index (χ4n) is 4.03. The SMILES string of the molecule is O=C(O)c1ccc(C(=O)Nc2ccccc2)c2c(C(=O)O)ccc(C(=O)CCc3ccccc3)c12. The number of fused-ring (bicyclic) bond motifs is 1. The molecule has 4 aromatic rings. The number of hydrogen-bond acceptors (Lipinski definition) is 4. The van der Waals surface area contributed by atoms with Gasteiger partial charge in [0.25, 0.3) is 5.91 Å². The molecule has 4 aromatic carbocycles. The quantitative estimate of drug-likeness (QED) is 0.302. The maximum absolute atomic E-state index is 13.2. The number of carbonyl (C=O) groups is 4. The second-order valence-corrected chi connectivity index (χ2v) is 7.91. The number of hydrogen-bond donors (Lipinski definition) is 3. The molecule has 4 rings (SSSR count). The molecule has 0 aliphatic rings. The molecule has 1 amide bonds. The molecule has 0 bridgehead atoms. The third kappa shape index (κ3) is 4.94. The Bertz CT molecular complexity index is 1450. The van der Waals surface area contributed by atoms with Gasteiger partial charge in [-0.3, -0.25) is 9.59 Å². The van der Waals surface area contributed by atoms with E-state index >= 15 is 0 Å². The van der Waals surface area contributed by atoms with Crippen LogP contribution in [0.4, 0.5) is 5.69 Å². The van der Waals surface area contributed by atoms with Crippen molar-refractivity contribution < 1.29 is 29.4 Å². The van der Waals surface area contributed by atoms with Crippen LogP contribution in [0.3, 0.4) is 0 Å². The normalized spacial score (nSPS) is 10.6. The van der Waals surface area contributed by atoms with Crippen LogP contribution in [-0.4, -0.2) is 33.8 Å². The maximum Gasteiger partial charge on any atom is 0.336 e. The van der Waals surface area contributed by atoms with Crippen LogP contribution in [0.2, 0.25) is 0 Å². The van der Waals surface area contributed by atoms with E-state index in [1.807, 2.05) is 30.3 Å². The zero-order valence-electron chi connectivity index (χ0n) is 18.5. The first-order valence-electron chi connectivity index (χ1n) is 10.9. The van der Waals surface area contributed by atoms with Crippen molar-refractivity contribution in [1.29, 1.82) is 0 Å². The molecule has 0 fully saturated rings. The van der Waals surface area contributed by atoms with E-state index in [1.165, 1.54) is 24.3 Å². The predicted molar refractivity (Wildman–Crippen MR) is 131 cm³/mol. The third-order valence-corrected chi connectivity index (χ3v) is 5.68. The van der Waals surface area contributed by atoms with Gasteiger partial charge < -0.3 is 15.5 Å². The highest BCUT2D eigenvalue weighted by atomic mass is 16.4. The number of anilines is 1. The number of Topliss-reactive ketones (excluding diaryl/α,β-unsaturated/α-hetero) is 1. The second-order valence-electron chi connectivity index (χ2n) is 7.91. The number of aromatic carboxylic acids is 2. The van der Waals surface area contributed by atoms with Gasteiger partial charge in [0.15, 0.2) is 5.78 Å². The zero-order valence-corrected chi connectivity index (χ0v) is 18.5. The van der Waals surface area contributed by atoms with E-state index in [0.717, 1.165) is 5.56 Å². The van der Waals surface area contributed by atoms with E-state index in [9.17, 15) is 29.4 Å². The summed E-state index contributed by atoms with van der Waals surface area (Å²) in [7, 11) is 0. The largest absolute Gasteiger partial charge is 0.478 e. The van der Waals surface area contributed by atoms with Crippen molar-refractivity contribution in [3.05, 3.63) is 113 Å². The molecule has 0 saturated heterocycles. The van der Waals surface area contributed by atoms with Gasteiger partial charge in [-0.1, -0.05) is 48.5 Å². The molecule has 0 heterocycles. The van der Waals surface area contributed by atoms with Gasteiger partial charge >= 0.3 is 11.9 Å². The van der Waals surface area contributed by atoms with Crippen molar-refractivity contribution in [2.75, 3.05) is 5.32 Å². The predicted octanol–water partition coefficient (Wildman–Crippen LogP) is 5.30. The second kappa shape index (κ2) is 10.0. The van der Waals surface area contributed by atoms with Gasteiger partial charge in [0, 0.05) is 34.0 Å². The van der Waals surface area contributed by atoms with Gasteiger partial charge in [-0.15, -0.1) is 0 Å². The fourth-order valence-corrected chi connectivity index (χ4v) is 4.03. The summed E-state index contributed by atoms with van der Waals surface area (Å²) in [5.41, 5.74) is 0.939. The Morgan fingerprint density at radius 3 is 1.66 bits per heavy atom. The molecule has 7 nitrogen and oxygen atoms in total. The molecule has 0 aliphatic carbocycles. The molecule has 0 unspecified atom stereocenters. The van der Waals surface area contributed by atoms with E-state index in [2.05, 4.69) is 5.32 Å². The molecular weight excluding hydrogens is 446 g/mol. The molecule has 3 N–H and O–H groups in total. The lowest BCUT2D eigenvalue weighted by Gasteiger charge is -2.15. The topological polar surface area (TPSA) is 121 Å². The molecule has 0 radical (unpaired) electrons. The van der Waals surface area contributed by atoms with Crippen molar-refractivity contribution in [2.24, 2.45) is 0 Å². The van der Waals surface area contributed by atoms with Crippen LogP contribution in [0, 0.1) is 0 Å². The van der Waals surface area contributed by atoms with Gasteiger partial charge in [0.2, 0.25) is 0 Å². The van der Waals surface area contributed by atoms with Gasteiger partial charge in [-0.2, -0.15) is 0 Å². The number of benzene rings is 4. The van der Waals surface area contributed by atoms with Gasteiger partial charge in [-0.05, 0) is 48.4 Å². The smallest absolute Gasteiger partial charge is 0.336 e. The molecule has 174 valence electrons. The Hall–Kier alpha value is -4.78. The first-order valence-corrected chi connectivity index (χ1v) is 10.9. The summed E-state index contributed by atoms with van der Waals surface area (Å²) in [5, 5.41) is 22.2. The number of rotatable bonds is 8. The maximum atomic E-state index is 13.2. The number of aryl methyl sites for hydroxylation is 1. The average molecular weight is 467 g/mol. The van der Waals surface area contributed by atoms with Crippen molar-refractivity contribution >= 4 is 40.1 Å². The molecule has 0 aromatic heterocycles. The minimum absolute atomic E-state index is 0.0380. The van der Waals surface area contributed by atoms with Crippen molar-refractivity contribution in [3.63, 3.8) is 0 Å². The van der Waals surface area contributed by atoms with Crippen LogP contribution >= 0.6 is 0 Å². The summed E-state index contributed by atoms with van der Waals surface area (Å²) >= 11 is 0. The van der Waals surface area contributed by atoms with Crippen LogP contribution in [0.5, 0.6) is 0 Å². The van der Waals surface area contributed by atoms with E-state index in [0.29, 0.717) is 12.1 Å². The highest BCUT2D eigenvalue weighted by Crippen LogP contribution is 2.32. The monoisotopic (exact) mass is 467 g/mol. The van der Waals surface area contributed by atoms with Crippen LogP contribution < -0.4 is 5.32 Å². The molecule has 0 atom stereocenters. The Morgan fingerprint density at radius 2 is 1.09 bits per heavy atom. The van der Waals surface area contributed by atoms with E-state index in [-0.39, 0.29) is 45.2 Å². The minimum atomic E-state index is -1.34. The van der Waals surface area contributed by atoms with Gasteiger partial charge in [-0.25, -0.2) is 9.59 Å². The number of ketones is 1. The number of carboxylic acids is 2. The molecule has 0 aliphatic heterocycles. The fraction of sp³-hybridized carbons (Fsp3) is 0.0714. The Labute approximate surface area is 200 Å². The van der Waals surface area contributed by atoms with E-state index < -0.39 is 17.8 Å². The summed E-state index contributed by atoms with van der Waals surface area (Å²) in [6.07, 6.45) is 0.517. The average Bonchev–Trinajstić information content (AvgIpc) is 2.86. The molecular formula is C28H21NO6. The van der Waals surface area contributed by atoms with E-state index in [1.54, 1.807) is 30.3 Å². The van der Waals surface area contributed by atoms with Gasteiger partial charge in [0.05, 0.1) is 11.1 Å². The minimum Gasteiger partial charge on any atom is -0.478 e. The van der Waals surface area contributed by atoms with Crippen LogP contribution in [0.15, 0.2) is 84.9 Å². The summed E-state index contributed by atoms with van der Waals surface area (Å²) in [4.78, 5) is 50.5. The molecule has 0 spiro atoms. The van der Waals surface area contributed by atoms with Crippen molar-refractivity contribution in [3.8, 4) is 0 Å². The highest BCUT2D eigenvalue weighted by Gasteiger charge is 2.25. The standard InChI is InChI=1S/C28H21NO6/c30-23(16-11-17-7-3-1-4-8-17)19-12-14-22(28(34)35)25-20(13-15-21(24(19)25)27(32)33)26(31)29-18-9-5-2-6-10-18/h1-10,12-15H,11,16H2,(H,29,31)(H,32,33)(H,34,35). The first kappa shape index (κ1) is 23.4. The Kier molecular flexibility index (Phi) is 6.69. The summed E-state index contributed by atoms with van der Waals surface area (Å²) in [5.74, 6) is -3.63. The number of para-hydroxylation sites is 1. The molecule has 7 heteroatoms. The summed E-state index contributed by atoms with van der Waals surface area (Å²) in [6.45, 7) is 0. The van der Waals surface area contributed by atoms with Crippen LogP contribution in [-0.2, 0) is 6.42 Å². The summed E-state index contributed by atoms with van der Waals surface area (Å²) < 4.78 is 0. The van der Waals surface area contributed by atoms with Crippen molar-refractivity contribution in [2.45, 2.75) is 12.8 Å². The molecule has 35 heavy (non-hydrogen) atoms. The Morgan fingerprint density at radius 1 is 0.600 bits per heavy atom. The number of amides is 1. The Balaban J connectivity index is 1.86. The van der Waals surface area contributed by atoms with Gasteiger partial charge in [0.1, 0.15) is 0 Å². The lowest BCUT2D eigenvalue weighted by molar-refractivity contribution is 0.0686. The summed E-state index contributed by atoms with van der Waals surface area (Å²) in [6, 6.07) is 23.0. The number of nitrogens with one attached hydrogen (secondary N) is 1. The zero-order chi connectivity index (χ0) is 24.9. The third-order valence-electron chi connectivity index (χ3n) is 5.68. The first-order chi connectivity index (χ1) is 16.9. The van der Waals surface area contributed by atoms with Crippen LogP contribution in [0.25, 0.3) is 10.8 Å². The van der Waals surface area contributed by atoms with Crippen LogP contribution in [0.1, 0.15) is 53.4 Å². The number of carbonyl (C=O) groups excluding carboxylic acids is 2. The lowest BCUT2D eigenvalue weighted by Crippen LogP contribution is -2.16. The van der Waals surface area contributed by atoms with Crippen molar-refractivity contribution in [1.82, 2.24) is 0 Å². The number of carboxylic acid groups (broad SMARTS) is 2. The lowest BCUT2D eigenvalue weighted by atomic mass is 9.88.